The Labute approximate surface area is 65.9 Å². The molecule has 0 aliphatic heterocycles. The van der Waals surface area contributed by atoms with E-state index < -0.39 is 10.4 Å². The summed E-state index contributed by atoms with van der Waals surface area (Å²) in [5.41, 5.74) is 0. The third-order valence-corrected chi connectivity index (χ3v) is 0. The normalized spacial score (nSPS) is 9.67. The molecule has 0 saturated heterocycles. The van der Waals surface area contributed by atoms with Crippen LogP contribution in [0.25, 0.3) is 0 Å². The summed E-state index contributed by atoms with van der Waals surface area (Å²) in [6.45, 7) is 0. The van der Waals surface area contributed by atoms with Gasteiger partial charge in [0.1, 0.15) is 0 Å². The van der Waals surface area contributed by atoms with E-state index >= 15 is 0 Å². The summed E-state index contributed by atoms with van der Waals surface area (Å²) >= 11 is 0. The number of rotatable bonds is 0. The molecule has 0 aromatic carbocycles. The van der Waals surface area contributed by atoms with Crippen molar-refractivity contribution in [2.75, 3.05) is 0 Å². The summed E-state index contributed by atoms with van der Waals surface area (Å²) in [5, 5.41) is 0. The molecule has 0 spiro atoms. The predicted octanol–water partition coefficient (Wildman–Crippen LogP) is -0.653. The van der Waals surface area contributed by atoms with E-state index in [9.17, 15) is 0 Å². The Balaban J connectivity index is 0. The molecule has 0 saturated carbocycles. The van der Waals surface area contributed by atoms with Crippen LogP contribution in [0.15, 0.2) is 0 Å². The number of hydrogen-bond donors (Lipinski definition) is 2. The Morgan fingerprint density at radius 3 is 1.17 bits per heavy atom. The molecule has 0 rings (SSSR count). The smallest absolute Gasteiger partial charge is 0.264 e. The van der Waals surface area contributed by atoms with Crippen LogP contribution in [0.3, 0.4) is 0 Å². The summed E-state index contributed by atoms with van der Waals surface area (Å²) in [5.74, 6) is 0. The Hall–Kier alpha value is 1.16. The van der Waals surface area contributed by atoms with E-state index in [1.807, 2.05) is 0 Å². The molecule has 0 atom stereocenters. The van der Waals surface area contributed by atoms with Crippen LogP contribution in [0.2, 0.25) is 0 Å². The molecule has 6 heteroatoms. The van der Waals surface area contributed by atoms with Gasteiger partial charge >= 0.3 is 10.4 Å². The maximum atomic E-state index is 8.74. The average molecular weight is 257 g/mol. The van der Waals surface area contributed by atoms with Crippen LogP contribution in [-0.2, 0) is 10.4 Å². The first-order chi connectivity index (χ1) is 2.00. The average Bonchev–Trinajstić information content (AvgIpc) is 0.722. The van der Waals surface area contributed by atoms with Gasteiger partial charge in [0.05, 0.1) is 0 Å². The van der Waals surface area contributed by atoms with E-state index in [0.717, 1.165) is 0 Å². The van der Waals surface area contributed by atoms with Crippen LogP contribution in [-0.4, -0.2) is 17.5 Å². The first-order valence-electron chi connectivity index (χ1n) is 0.698. The molecular formula is H2O4STb. The quantitative estimate of drug-likeness (QED) is 0.565. The molecule has 41 valence electrons. The van der Waals surface area contributed by atoms with Crippen LogP contribution in [0.4, 0.5) is 0 Å². The fourth-order valence-electron chi connectivity index (χ4n) is 0. The second-order valence-corrected chi connectivity index (χ2v) is 1.34. The number of hydrogen-bond acceptors (Lipinski definition) is 2. The molecule has 0 unspecified atom stereocenters. The minimum absolute atomic E-state index is 0. The predicted molar refractivity (Wildman–Crippen MR) is 14.2 cm³/mol. The third kappa shape index (κ3) is 66.7. The fraction of sp³-hybridized carbons (Fsp3) is 0. The van der Waals surface area contributed by atoms with Crippen LogP contribution >= 0.6 is 0 Å². The van der Waals surface area contributed by atoms with Crippen molar-refractivity contribution in [2.24, 2.45) is 0 Å². The standard InChI is InChI=1S/H2O4S.Tb/c1-5(2,3)4;/h(H2,1,2,3,4);. The van der Waals surface area contributed by atoms with E-state index in [-0.39, 0.29) is 38.6 Å². The second-order valence-electron chi connectivity index (χ2n) is 0.448. The Kier molecular flexibility index (Phi) is 5.43. The van der Waals surface area contributed by atoms with Crippen molar-refractivity contribution in [3.05, 3.63) is 0 Å². The zero-order valence-electron chi connectivity index (χ0n) is 2.45. The minimum Gasteiger partial charge on any atom is -0.264 e. The van der Waals surface area contributed by atoms with Gasteiger partial charge in [-0.05, 0) is 0 Å². The molecule has 1 radical (unpaired) electrons. The van der Waals surface area contributed by atoms with Gasteiger partial charge in [0, 0.05) is 38.6 Å². The van der Waals surface area contributed by atoms with E-state index in [1.54, 1.807) is 0 Å². The molecule has 0 fully saturated rings. The zero-order chi connectivity index (χ0) is 4.50. The molecule has 0 aromatic heterocycles. The van der Waals surface area contributed by atoms with Gasteiger partial charge < -0.3 is 0 Å². The van der Waals surface area contributed by atoms with Gasteiger partial charge in [-0.1, -0.05) is 0 Å². The summed E-state index contributed by atoms with van der Waals surface area (Å²) in [4.78, 5) is 0. The van der Waals surface area contributed by atoms with E-state index in [4.69, 9.17) is 17.5 Å². The van der Waals surface area contributed by atoms with Gasteiger partial charge in [-0.15, -0.1) is 0 Å². The molecule has 0 heterocycles. The van der Waals surface area contributed by atoms with E-state index in [2.05, 4.69) is 0 Å². The molecule has 0 aliphatic rings. The minimum atomic E-state index is -4.67. The Morgan fingerprint density at radius 2 is 1.17 bits per heavy atom. The van der Waals surface area contributed by atoms with Crippen molar-refractivity contribution < 1.29 is 56.1 Å². The maximum absolute atomic E-state index is 8.74. The first-order valence-corrected chi connectivity index (χ1v) is 2.10. The van der Waals surface area contributed by atoms with Crippen molar-refractivity contribution >= 4 is 10.4 Å². The molecule has 4 nitrogen and oxygen atoms in total. The molecule has 2 N–H and O–H groups in total. The monoisotopic (exact) mass is 257 g/mol. The summed E-state index contributed by atoms with van der Waals surface area (Å²) in [6, 6.07) is 0. The molecule has 6 heavy (non-hydrogen) atoms. The Bertz CT molecular complexity index is 90.7. The van der Waals surface area contributed by atoms with E-state index in [1.165, 1.54) is 0 Å². The van der Waals surface area contributed by atoms with Gasteiger partial charge in [-0.3, -0.25) is 9.11 Å². The molecule has 0 amide bonds. The van der Waals surface area contributed by atoms with Crippen molar-refractivity contribution in [3.8, 4) is 0 Å². The van der Waals surface area contributed by atoms with Gasteiger partial charge in [-0.2, -0.15) is 8.42 Å². The van der Waals surface area contributed by atoms with Gasteiger partial charge in [0.15, 0.2) is 0 Å². The zero-order valence-corrected chi connectivity index (χ0v) is 5.41. The third-order valence-electron chi connectivity index (χ3n) is 0. The van der Waals surface area contributed by atoms with Crippen molar-refractivity contribution in [2.45, 2.75) is 0 Å². The van der Waals surface area contributed by atoms with Crippen molar-refractivity contribution in [3.63, 3.8) is 0 Å². The molecular weight excluding hydrogens is 255 g/mol. The Morgan fingerprint density at radius 1 is 1.17 bits per heavy atom. The maximum Gasteiger partial charge on any atom is 0.394 e. The van der Waals surface area contributed by atoms with Gasteiger partial charge in [0.25, 0.3) is 0 Å². The molecule has 0 aromatic rings. The van der Waals surface area contributed by atoms with Crippen LogP contribution in [0, 0.1) is 38.6 Å². The van der Waals surface area contributed by atoms with Crippen LogP contribution < -0.4 is 0 Å². The second kappa shape index (κ2) is 3.20. The van der Waals surface area contributed by atoms with Crippen LogP contribution in [0.1, 0.15) is 0 Å². The summed E-state index contributed by atoms with van der Waals surface area (Å²) in [6.07, 6.45) is 0. The topological polar surface area (TPSA) is 74.6 Å². The summed E-state index contributed by atoms with van der Waals surface area (Å²) < 4.78 is 31.6. The fourth-order valence-corrected chi connectivity index (χ4v) is 0. The molecule has 0 aliphatic carbocycles. The van der Waals surface area contributed by atoms with Gasteiger partial charge in [-0.25, -0.2) is 0 Å². The van der Waals surface area contributed by atoms with Gasteiger partial charge in [0.2, 0.25) is 0 Å². The summed E-state index contributed by atoms with van der Waals surface area (Å²) in [7, 11) is -4.67. The largest absolute Gasteiger partial charge is 0.394 e. The SMILES string of the molecule is O=S(=O)(O)O.[Tb]. The molecule has 0 bridgehead atoms. The van der Waals surface area contributed by atoms with Crippen molar-refractivity contribution in [1.29, 1.82) is 0 Å². The van der Waals surface area contributed by atoms with E-state index in [0.29, 0.717) is 0 Å². The van der Waals surface area contributed by atoms with Crippen molar-refractivity contribution in [1.82, 2.24) is 0 Å². The van der Waals surface area contributed by atoms with Crippen LogP contribution in [0.5, 0.6) is 0 Å². The first kappa shape index (κ1) is 10.2.